The molecule has 7 heteroatoms. The number of carbonyl (C=O) groups is 1. The molecule has 0 bridgehead atoms. The van der Waals surface area contributed by atoms with Crippen LogP contribution in [-0.4, -0.2) is 51.2 Å². The molecule has 2 aliphatic heterocycles. The number of amides is 1. The highest BCUT2D eigenvalue weighted by atomic mass is 16.1. The number of nitriles is 1. The molecule has 4 heterocycles. The third-order valence-corrected chi connectivity index (χ3v) is 7.93. The molecular formula is C29H33N6O+. The molecule has 7 nitrogen and oxygen atoms in total. The lowest BCUT2D eigenvalue weighted by molar-refractivity contribution is -1.06. The van der Waals surface area contributed by atoms with E-state index in [1.165, 1.54) is 6.42 Å². The summed E-state index contributed by atoms with van der Waals surface area (Å²) in [6.45, 7) is 2.67. The Morgan fingerprint density at radius 2 is 1.64 bits per heavy atom. The minimum absolute atomic E-state index is 0.0754. The van der Waals surface area contributed by atoms with Crippen LogP contribution in [0.1, 0.15) is 66.3 Å². The van der Waals surface area contributed by atoms with Gasteiger partial charge in [0, 0.05) is 36.9 Å². The van der Waals surface area contributed by atoms with Crippen LogP contribution in [0.15, 0.2) is 73.3 Å². The van der Waals surface area contributed by atoms with Crippen LogP contribution in [0.25, 0.3) is 0 Å². The summed E-state index contributed by atoms with van der Waals surface area (Å²) < 4.78 is 0.650. The average Bonchev–Trinajstić information content (AvgIpc) is 3.44. The first kappa shape index (κ1) is 24.1. The number of likely N-dealkylation sites (tertiary alicyclic amines) is 1. The van der Waals surface area contributed by atoms with Gasteiger partial charge in [0.05, 0.1) is 30.6 Å². The monoisotopic (exact) mass is 481 g/mol. The van der Waals surface area contributed by atoms with Gasteiger partial charge >= 0.3 is 0 Å². The van der Waals surface area contributed by atoms with Gasteiger partial charge in [-0.3, -0.25) is 14.8 Å². The van der Waals surface area contributed by atoms with E-state index in [1.807, 2.05) is 42.7 Å². The zero-order chi connectivity index (χ0) is 25.0. The molecule has 2 N–H and O–H groups in total. The fourth-order valence-electron chi connectivity index (χ4n) is 6.49. The van der Waals surface area contributed by atoms with Crippen LogP contribution < -0.4 is 5.73 Å². The lowest BCUT2D eigenvalue weighted by Crippen LogP contribution is -2.67. The highest BCUT2D eigenvalue weighted by molar-refractivity contribution is 5.79. The molecule has 1 aromatic carbocycles. The molecule has 0 aliphatic carbocycles. The number of pyridine rings is 2. The van der Waals surface area contributed by atoms with E-state index in [0.717, 1.165) is 62.0 Å². The fourth-order valence-corrected chi connectivity index (χ4v) is 6.49. The van der Waals surface area contributed by atoms with E-state index in [4.69, 9.17) is 5.73 Å². The van der Waals surface area contributed by atoms with Crippen LogP contribution in [0.3, 0.4) is 0 Å². The molecule has 2 fully saturated rings. The maximum Gasteiger partial charge on any atom is 0.240 e. The Hall–Kier alpha value is -3.60. The van der Waals surface area contributed by atoms with Crippen molar-refractivity contribution in [2.75, 3.05) is 19.6 Å². The number of primary amides is 1. The van der Waals surface area contributed by atoms with Gasteiger partial charge in [0.1, 0.15) is 12.1 Å². The zero-order valence-electron chi connectivity index (χ0n) is 20.5. The second-order valence-corrected chi connectivity index (χ2v) is 9.95. The van der Waals surface area contributed by atoms with E-state index in [9.17, 15) is 10.1 Å². The lowest BCUT2D eigenvalue weighted by Gasteiger charge is -2.54. The topological polar surface area (TPSA) is 95.9 Å². The van der Waals surface area contributed by atoms with Crippen molar-refractivity contribution in [2.45, 2.75) is 50.1 Å². The van der Waals surface area contributed by atoms with E-state index >= 15 is 0 Å². The predicted octanol–water partition coefficient (Wildman–Crippen LogP) is 4.09. The van der Waals surface area contributed by atoms with Crippen LogP contribution >= 0.6 is 0 Å². The molecule has 1 unspecified atom stereocenters. The quantitative estimate of drug-likeness (QED) is 0.513. The molecule has 0 saturated carbocycles. The van der Waals surface area contributed by atoms with Crippen LogP contribution in [0.2, 0.25) is 0 Å². The van der Waals surface area contributed by atoms with Crippen LogP contribution in [0.5, 0.6) is 0 Å². The number of quaternary nitrogens is 1. The summed E-state index contributed by atoms with van der Waals surface area (Å²) in [6.07, 6.45) is 12.5. The normalized spacial score (nSPS) is 20.6. The lowest BCUT2D eigenvalue weighted by atomic mass is 9.80. The van der Waals surface area contributed by atoms with E-state index in [2.05, 4.69) is 39.2 Å². The van der Waals surface area contributed by atoms with Crippen molar-refractivity contribution < 1.29 is 9.39 Å². The number of benzene rings is 1. The summed E-state index contributed by atoms with van der Waals surface area (Å²) >= 11 is 0. The Labute approximate surface area is 212 Å². The summed E-state index contributed by atoms with van der Waals surface area (Å²) in [5.41, 5.74) is 9.89. The summed E-state index contributed by atoms with van der Waals surface area (Å²) in [6, 6.07) is 18.1. The van der Waals surface area contributed by atoms with Gasteiger partial charge in [-0.05, 0) is 67.5 Å². The first-order chi connectivity index (χ1) is 17.6. The fraction of sp³-hybridized carbons (Fsp3) is 0.379. The van der Waals surface area contributed by atoms with Crippen LogP contribution in [0, 0.1) is 11.3 Å². The van der Waals surface area contributed by atoms with Crippen molar-refractivity contribution in [2.24, 2.45) is 5.73 Å². The molecule has 2 aromatic heterocycles. The molecule has 0 spiro atoms. The van der Waals surface area contributed by atoms with Gasteiger partial charge < -0.3 is 5.73 Å². The standard InChI is InChI=1S/C29H32N6O/c30-19-22-8-4-9-23(18-22)28(27(24-10-5-13-32-20-24)25-11-6-14-33-21-25)35(16-2-1-3-17-35)34-15-7-12-26(34)29(31)36/h4-6,8-11,13-14,18,20-21,26-28H,1-3,7,12,15-17H2,(H-,31,36)/p+1/t26-,28?/m0/s1. The summed E-state index contributed by atoms with van der Waals surface area (Å²) in [5, 5.41) is 12.2. The molecule has 2 saturated heterocycles. The zero-order valence-corrected chi connectivity index (χ0v) is 20.5. The van der Waals surface area contributed by atoms with Gasteiger partial charge in [0.25, 0.3) is 0 Å². The van der Waals surface area contributed by atoms with Crippen molar-refractivity contribution >= 4 is 5.91 Å². The number of nitrogens with zero attached hydrogens (tertiary/aromatic N) is 5. The van der Waals surface area contributed by atoms with Crippen LogP contribution in [0.4, 0.5) is 0 Å². The second-order valence-electron chi connectivity index (χ2n) is 9.95. The van der Waals surface area contributed by atoms with Gasteiger partial charge in [-0.15, -0.1) is 5.01 Å². The SMILES string of the molecule is N#Cc1cccc(C(C(c2cccnc2)c2cccnc2)[N+]2(N3CCC[C@H]3C(N)=O)CCCCC2)c1. The Kier molecular flexibility index (Phi) is 7.08. The Bertz CT molecular complexity index is 1180. The second kappa shape index (κ2) is 10.6. The number of nitrogens with two attached hydrogens (primary N) is 1. The van der Waals surface area contributed by atoms with Gasteiger partial charge in [0.2, 0.25) is 5.91 Å². The summed E-state index contributed by atoms with van der Waals surface area (Å²) in [7, 11) is 0. The van der Waals surface area contributed by atoms with Crippen molar-refractivity contribution in [3.05, 3.63) is 95.6 Å². The third kappa shape index (κ3) is 4.50. The predicted molar refractivity (Wildman–Crippen MR) is 137 cm³/mol. The highest BCUT2D eigenvalue weighted by Crippen LogP contribution is 2.49. The Morgan fingerprint density at radius 1 is 0.972 bits per heavy atom. The van der Waals surface area contributed by atoms with Crippen molar-refractivity contribution in [3.63, 3.8) is 0 Å². The van der Waals surface area contributed by atoms with Gasteiger partial charge in [-0.1, -0.05) is 24.3 Å². The molecule has 5 rings (SSSR count). The number of rotatable bonds is 7. The molecule has 2 aliphatic rings. The maximum atomic E-state index is 12.7. The van der Waals surface area contributed by atoms with Gasteiger partial charge in [-0.25, -0.2) is 4.59 Å². The van der Waals surface area contributed by atoms with Gasteiger partial charge in [0.15, 0.2) is 0 Å². The molecule has 0 radical (unpaired) electrons. The molecular weight excluding hydrogens is 448 g/mol. The van der Waals surface area contributed by atoms with Crippen molar-refractivity contribution in [1.29, 1.82) is 5.26 Å². The minimum Gasteiger partial charge on any atom is -0.368 e. The average molecular weight is 482 g/mol. The third-order valence-electron chi connectivity index (χ3n) is 7.93. The molecule has 2 atom stereocenters. The number of aromatic nitrogens is 2. The molecule has 3 aromatic rings. The molecule has 1 amide bonds. The molecule has 184 valence electrons. The first-order valence-electron chi connectivity index (χ1n) is 12.9. The largest absolute Gasteiger partial charge is 0.368 e. The number of hydrogen-bond acceptors (Lipinski definition) is 5. The Morgan fingerprint density at radius 3 is 2.22 bits per heavy atom. The smallest absolute Gasteiger partial charge is 0.240 e. The number of piperidine rings is 1. The van der Waals surface area contributed by atoms with E-state index in [-0.39, 0.29) is 23.9 Å². The molecule has 36 heavy (non-hydrogen) atoms. The van der Waals surface area contributed by atoms with E-state index in [1.54, 1.807) is 12.4 Å². The maximum absolute atomic E-state index is 12.7. The Balaban J connectivity index is 1.78. The summed E-state index contributed by atoms with van der Waals surface area (Å²) in [5.74, 6) is -0.326. The number of hydrogen-bond donors (Lipinski definition) is 1. The van der Waals surface area contributed by atoms with Crippen molar-refractivity contribution in [1.82, 2.24) is 15.0 Å². The summed E-state index contributed by atoms with van der Waals surface area (Å²) in [4.78, 5) is 21.6. The van der Waals surface area contributed by atoms with Crippen LogP contribution in [-0.2, 0) is 4.79 Å². The minimum atomic E-state index is -0.298. The van der Waals surface area contributed by atoms with Gasteiger partial charge in [-0.2, -0.15) is 5.26 Å². The number of carbonyl (C=O) groups excluding carboxylic acids is 1. The first-order valence-corrected chi connectivity index (χ1v) is 12.9. The highest BCUT2D eigenvalue weighted by Gasteiger charge is 2.53. The van der Waals surface area contributed by atoms with E-state index < -0.39 is 0 Å². The van der Waals surface area contributed by atoms with Crippen molar-refractivity contribution in [3.8, 4) is 6.07 Å². The van der Waals surface area contributed by atoms with E-state index in [0.29, 0.717) is 10.2 Å².